The molecule has 3 heteroatoms. The molecule has 3 nitrogen and oxygen atoms in total. The van der Waals surface area contributed by atoms with E-state index in [0.29, 0.717) is 11.8 Å². The SMILES string of the molecule is CCCCCCC(=O)N1CCCC(CN)C1. The molecular weight excluding hydrogens is 200 g/mol. The number of likely N-dealkylation sites (tertiary alicyclic amines) is 1. The van der Waals surface area contributed by atoms with Crippen molar-refractivity contribution >= 4 is 5.91 Å². The van der Waals surface area contributed by atoms with Crippen LogP contribution in [0.4, 0.5) is 0 Å². The summed E-state index contributed by atoms with van der Waals surface area (Å²) >= 11 is 0. The Bertz CT molecular complexity index is 206. The Kier molecular flexibility index (Phi) is 6.46. The highest BCUT2D eigenvalue weighted by Gasteiger charge is 2.21. The van der Waals surface area contributed by atoms with Gasteiger partial charge in [-0.2, -0.15) is 0 Å². The molecule has 1 atom stereocenters. The Morgan fingerprint density at radius 2 is 2.19 bits per heavy atom. The van der Waals surface area contributed by atoms with Crippen LogP contribution in [0.3, 0.4) is 0 Å². The highest BCUT2D eigenvalue weighted by Crippen LogP contribution is 2.16. The summed E-state index contributed by atoms with van der Waals surface area (Å²) in [5.41, 5.74) is 5.67. The lowest BCUT2D eigenvalue weighted by Crippen LogP contribution is -2.41. The van der Waals surface area contributed by atoms with Crippen molar-refractivity contribution in [2.75, 3.05) is 19.6 Å². The van der Waals surface area contributed by atoms with Gasteiger partial charge in [-0.15, -0.1) is 0 Å². The second kappa shape index (κ2) is 7.66. The zero-order chi connectivity index (χ0) is 11.8. The minimum Gasteiger partial charge on any atom is -0.342 e. The average Bonchev–Trinajstić information content (AvgIpc) is 2.34. The first kappa shape index (κ1) is 13.5. The third kappa shape index (κ3) is 4.52. The van der Waals surface area contributed by atoms with Gasteiger partial charge >= 0.3 is 0 Å². The Balaban J connectivity index is 2.19. The normalized spacial score (nSPS) is 21.1. The van der Waals surface area contributed by atoms with Crippen molar-refractivity contribution in [1.82, 2.24) is 4.90 Å². The average molecular weight is 226 g/mol. The van der Waals surface area contributed by atoms with Crippen molar-refractivity contribution in [2.45, 2.75) is 51.9 Å². The molecule has 1 aliphatic rings. The Hall–Kier alpha value is -0.570. The van der Waals surface area contributed by atoms with Crippen LogP contribution in [-0.4, -0.2) is 30.4 Å². The van der Waals surface area contributed by atoms with Gasteiger partial charge in [0, 0.05) is 19.5 Å². The van der Waals surface area contributed by atoms with E-state index in [1.165, 1.54) is 25.7 Å². The quantitative estimate of drug-likeness (QED) is 0.705. The molecular formula is C13H26N2O. The molecule has 0 bridgehead atoms. The van der Waals surface area contributed by atoms with Gasteiger partial charge in [-0.25, -0.2) is 0 Å². The van der Waals surface area contributed by atoms with Crippen molar-refractivity contribution < 1.29 is 4.79 Å². The molecule has 1 saturated heterocycles. The van der Waals surface area contributed by atoms with E-state index in [2.05, 4.69) is 6.92 Å². The number of rotatable bonds is 6. The van der Waals surface area contributed by atoms with Crippen LogP contribution in [0.2, 0.25) is 0 Å². The fourth-order valence-electron chi connectivity index (χ4n) is 2.35. The molecule has 0 spiro atoms. The molecule has 0 aromatic heterocycles. The predicted molar refractivity (Wildman–Crippen MR) is 67.1 cm³/mol. The minimum absolute atomic E-state index is 0.342. The summed E-state index contributed by atoms with van der Waals surface area (Å²) in [6.07, 6.45) is 7.77. The lowest BCUT2D eigenvalue weighted by molar-refractivity contribution is -0.133. The maximum absolute atomic E-state index is 11.9. The first-order valence-corrected chi connectivity index (χ1v) is 6.75. The molecule has 1 unspecified atom stereocenters. The van der Waals surface area contributed by atoms with Gasteiger partial charge in [-0.3, -0.25) is 4.79 Å². The zero-order valence-electron chi connectivity index (χ0n) is 10.6. The number of nitrogens with two attached hydrogens (primary N) is 1. The third-order valence-corrected chi connectivity index (χ3v) is 3.45. The number of carbonyl (C=O) groups is 1. The van der Waals surface area contributed by atoms with E-state index < -0.39 is 0 Å². The standard InChI is InChI=1S/C13H26N2O/c1-2-3-4-5-8-13(16)15-9-6-7-12(10-14)11-15/h12H,2-11,14H2,1H3. The van der Waals surface area contributed by atoms with E-state index in [0.717, 1.165) is 38.9 Å². The summed E-state index contributed by atoms with van der Waals surface area (Å²) in [5.74, 6) is 0.877. The van der Waals surface area contributed by atoms with Crippen LogP contribution in [0.1, 0.15) is 51.9 Å². The molecule has 1 fully saturated rings. The second-order valence-corrected chi connectivity index (χ2v) is 4.89. The van der Waals surface area contributed by atoms with Crippen molar-refractivity contribution in [2.24, 2.45) is 11.7 Å². The largest absolute Gasteiger partial charge is 0.342 e. The highest BCUT2D eigenvalue weighted by atomic mass is 16.2. The maximum atomic E-state index is 11.9. The molecule has 1 heterocycles. The van der Waals surface area contributed by atoms with Gasteiger partial charge < -0.3 is 10.6 Å². The molecule has 2 N–H and O–H groups in total. The third-order valence-electron chi connectivity index (χ3n) is 3.45. The monoisotopic (exact) mass is 226 g/mol. The number of piperidine rings is 1. The molecule has 0 aliphatic carbocycles. The molecule has 0 radical (unpaired) electrons. The summed E-state index contributed by atoms with van der Waals surface area (Å²) in [7, 11) is 0. The Labute approximate surface area is 99.4 Å². The number of nitrogens with zero attached hydrogens (tertiary/aromatic N) is 1. The summed E-state index contributed by atoms with van der Waals surface area (Å²) in [6, 6.07) is 0. The van der Waals surface area contributed by atoms with Gasteiger partial charge in [0.1, 0.15) is 0 Å². The van der Waals surface area contributed by atoms with E-state index >= 15 is 0 Å². The number of unbranched alkanes of at least 4 members (excludes halogenated alkanes) is 3. The van der Waals surface area contributed by atoms with Crippen LogP contribution in [0, 0.1) is 5.92 Å². The maximum Gasteiger partial charge on any atom is 0.222 e. The van der Waals surface area contributed by atoms with Crippen molar-refractivity contribution in [3.05, 3.63) is 0 Å². The van der Waals surface area contributed by atoms with E-state index in [1.807, 2.05) is 4.90 Å². The van der Waals surface area contributed by atoms with E-state index in [-0.39, 0.29) is 0 Å². The molecule has 1 aliphatic heterocycles. The minimum atomic E-state index is 0.342. The molecule has 16 heavy (non-hydrogen) atoms. The topological polar surface area (TPSA) is 46.3 Å². The Morgan fingerprint density at radius 3 is 2.88 bits per heavy atom. The smallest absolute Gasteiger partial charge is 0.222 e. The fourth-order valence-corrected chi connectivity index (χ4v) is 2.35. The van der Waals surface area contributed by atoms with Crippen molar-refractivity contribution in [3.63, 3.8) is 0 Å². The van der Waals surface area contributed by atoms with Crippen LogP contribution in [0.5, 0.6) is 0 Å². The Morgan fingerprint density at radius 1 is 1.38 bits per heavy atom. The van der Waals surface area contributed by atoms with Crippen LogP contribution < -0.4 is 5.73 Å². The molecule has 0 aromatic carbocycles. The fraction of sp³-hybridized carbons (Fsp3) is 0.923. The molecule has 0 saturated carbocycles. The summed E-state index contributed by atoms with van der Waals surface area (Å²) in [5, 5.41) is 0. The van der Waals surface area contributed by atoms with Gasteiger partial charge in [-0.1, -0.05) is 26.2 Å². The lowest BCUT2D eigenvalue weighted by atomic mass is 9.98. The van der Waals surface area contributed by atoms with E-state index in [9.17, 15) is 4.79 Å². The second-order valence-electron chi connectivity index (χ2n) is 4.89. The van der Waals surface area contributed by atoms with Gasteiger partial charge in [-0.05, 0) is 31.7 Å². The van der Waals surface area contributed by atoms with Gasteiger partial charge in [0.05, 0.1) is 0 Å². The number of hydrogen-bond acceptors (Lipinski definition) is 2. The first-order valence-electron chi connectivity index (χ1n) is 6.75. The van der Waals surface area contributed by atoms with E-state index in [4.69, 9.17) is 5.73 Å². The van der Waals surface area contributed by atoms with Crippen LogP contribution >= 0.6 is 0 Å². The van der Waals surface area contributed by atoms with Crippen molar-refractivity contribution in [1.29, 1.82) is 0 Å². The zero-order valence-corrected chi connectivity index (χ0v) is 10.6. The van der Waals surface area contributed by atoms with E-state index in [1.54, 1.807) is 0 Å². The molecule has 0 aromatic rings. The number of carbonyl (C=O) groups excluding carboxylic acids is 1. The van der Waals surface area contributed by atoms with Gasteiger partial charge in [0.25, 0.3) is 0 Å². The van der Waals surface area contributed by atoms with Crippen molar-refractivity contribution in [3.8, 4) is 0 Å². The summed E-state index contributed by atoms with van der Waals surface area (Å²) < 4.78 is 0. The van der Waals surface area contributed by atoms with Crippen LogP contribution in [0.15, 0.2) is 0 Å². The number of hydrogen-bond donors (Lipinski definition) is 1. The van der Waals surface area contributed by atoms with Crippen LogP contribution in [-0.2, 0) is 4.79 Å². The lowest BCUT2D eigenvalue weighted by Gasteiger charge is -2.32. The molecule has 94 valence electrons. The summed E-state index contributed by atoms with van der Waals surface area (Å²) in [6.45, 7) is 4.75. The molecule has 1 rings (SSSR count). The molecule has 1 amide bonds. The van der Waals surface area contributed by atoms with Gasteiger partial charge in [0.15, 0.2) is 0 Å². The van der Waals surface area contributed by atoms with Crippen LogP contribution in [0.25, 0.3) is 0 Å². The highest BCUT2D eigenvalue weighted by molar-refractivity contribution is 5.76. The first-order chi connectivity index (χ1) is 7.77. The predicted octanol–water partition coefficient (Wildman–Crippen LogP) is 2.15. The van der Waals surface area contributed by atoms with Gasteiger partial charge in [0.2, 0.25) is 5.91 Å². The summed E-state index contributed by atoms with van der Waals surface area (Å²) in [4.78, 5) is 13.9. The number of amides is 1.